The van der Waals surface area contributed by atoms with Crippen LogP contribution in [0.25, 0.3) is 11.1 Å². The zero-order chi connectivity index (χ0) is 20.8. The molecular weight excluding hydrogens is 371 g/mol. The van der Waals surface area contributed by atoms with Crippen LogP contribution in [0.2, 0.25) is 0 Å². The first-order chi connectivity index (χ1) is 14.0. The highest BCUT2D eigenvalue weighted by atomic mass is 19.1. The minimum Gasteiger partial charge on any atom is -0.493 e. The van der Waals surface area contributed by atoms with Crippen LogP contribution in [0.4, 0.5) is 4.39 Å². The van der Waals surface area contributed by atoms with Gasteiger partial charge in [-0.2, -0.15) is 0 Å². The first kappa shape index (κ1) is 20.4. The van der Waals surface area contributed by atoms with E-state index in [2.05, 4.69) is 6.92 Å². The maximum absolute atomic E-state index is 13.4. The Kier molecular flexibility index (Phi) is 6.50. The number of carboxylic acids is 1. The Labute approximate surface area is 169 Å². The molecule has 2 aromatic carbocycles. The molecule has 0 atom stereocenters. The number of benzene rings is 2. The van der Waals surface area contributed by atoms with E-state index < -0.39 is 5.97 Å². The molecule has 0 unspecified atom stereocenters. The summed E-state index contributed by atoms with van der Waals surface area (Å²) in [5.41, 5.74) is 2.78. The van der Waals surface area contributed by atoms with Gasteiger partial charge in [0.05, 0.1) is 6.61 Å². The molecular formula is C24H23FO4. The van der Waals surface area contributed by atoms with Gasteiger partial charge in [-0.15, -0.1) is 0 Å². The van der Waals surface area contributed by atoms with Crippen molar-refractivity contribution in [3.8, 4) is 22.6 Å². The van der Waals surface area contributed by atoms with Crippen LogP contribution in [0.3, 0.4) is 0 Å². The molecule has 0 saturated heterocycles. The predicted octanol–water partition coefficient (Wildman–Crippen LogP) is 6.23. The fourth-order valence-corrected chi connectivity index (χ4v) is 2.95. The Morgan fingerprint density at radius 2 is 1.83 bits per heavy atom. The smallest absolute Gasteiger partial charge is 0.339 e. The molecule has 0 amide bonds. The highest BCUT2D eigenvalue weighted by molar-refractivity contribution is 5.92. The fourth-order valence-electron chi connectivity index (χ4n) is 2.95. The number of aryl methyl sites for hydroxylation is 1. The molecule has 150 valence electrons. The summed E-state index contributed by atoms with van der Waals surface area (Å²) in [5.74, 6) is -0.0100. The normalized spacial score (nSPS) is 13.3. The highest BCUT2D eigenvalue weighted by Crippen LogP contribution is 2.32. The topological polar surface area (TPSA) is 55.8 Å². The molecule has 0 bridgehead atoms. The van der Waals surface area contributed by atoms with E-state index in [1.165, 1.54) is 24.3 Å². The molecule has 29 heavy (non-hydrogen) atoms. The molecule has 0 spiro atoms. The number of hydrogen-bond donors (Lipinski definition) is 1. The molecule has 3 rings (SSSR count). The number of carboxylic acid groups (broad SMARTS) is 1. The van der Waals surface area contributed by atoms with E-state index >= 15 is 0 Å². The van der Waals surface area contributed by atoms with Gasteiger partial charge in [0.1, 0.15) is 28.6 Å². The van der Waals surface area contributed by atoms with Crippen LogP contribution in [0.5, 0.6) is 11.5 Å². The third-order valence-electron chi connectivity index (χ3n) is 4.45. The van der Waals surface area contributed by atoms with E-state index in [0.29, 0.717) is 18.8 Å². The van der Waals surface area contributed by atoms with Gasteiger partial charge in [-0.05, 0) is 85.0 Å². The number of rotatable bonds is 7. The summed E-state index contributed by atoms with van der Waals surface area (Å²) in [6.45, 7) is 4.68. The third-order valence-corrected chi connectivity index (χ3v) is 4.45. The van der Waals surface area contributed by atoms with E-state index in [1.807, 2.05) is 25.1 Å². The summed E-state index contributed by atoms with van der Waals surface area (Å²) in [5, 5.41) is 9.51. The molecule has 0 heterocycles. The van der Waals surface area contributed by atoms with Crippen LogP contribution in [0.15, 0.2) is 72.3 Å². The number of aromatic carboxylic acids is 1. The van der Waals surface area contributed by atoms with E-state index in [-0.39, 0.29) is 17.1 Å². The lowest BCUT2D eigenvalue weighted by molar-refractivity contribution is 0.0694. The molecule has 4 nitrogen and oxygen atoms in total. The van der Waals surface area contributed by atoms with Gasteiger partial charge in [0.15, 0.2) is 0 Å². The van der Waals surface area contributed by atoms with Gasteiger partial charge >= 0.3 is 5.97 Å². The van der Waals surface area contributed by atoms with Crippen LogP contribution in [-0.2, 0) is 0 Å². The minimum absolute atomic E-state index is 0.0420. The number of carbonyl (C=O) groups is 1. The zero-order valence-corrected chi connectivity index (χ0v) is 16.4. The van der Waals surface area contributed by atoms with Crippen LogP contribution in [-0.4, -0.2) is 17.7 Å². The van der Waals surface area contributed by atoms with Gasteiger partial charge in [0.2, 0.25) is 0 Å². The molecule has 1 aliphatic rings. The standard InChI is InChI=1S/C24H23FO4/c1-3-13-28-22-12-8-17(14-16(22)2)18-7-11-21(24(26)27)23(15-18)29-20-6-4-5-19(25)9-10-20/h5-12,14-15H,3-4,13H2,1-2H3,(H,26,27). The average molecular weight is 394 g/mol. The number of halogens is 1. The number of allylic oxidation sites excluding steroid dienone is 5. The van der Waals surface area contributed by atoms with Crippen molar-refractivity contribution in [2.24, 2.45) is 0 Å². The molecule has 0 fully saturated rings. The first-order valence-electron chi connectivity index (χ1n) is 9.51. The molecule has 0 saturated carbocycles. The lowest BCUT2D eigenvalue weighted by Crippen LogP contribution is -2.03. The van der Waals surface area contributed by atoms with Crippen molar-refractivity contribution in [3.05, 3.63) is 83.4 Å². The SMILES string of the molecule is CCCOc1ccc(-c2ccc(C(=O)O)c(OC3=CCC=C(F)C=C3)c2)cc1C. The molecule has 0 aromatic heterocycles. The van der Waals surface area contributed by atoms with E-state index in [1.54, 1.807) is 18.2 Å². The van der Waals surface area contributed by atoms with Gasteiger partial charge in [0.25, 0.3) is 0 Å². The average Bonchev–Trinajstić information content (AvgIpc) is 2.91. The van der Waals surface area contributed by atoms with Gasteiger partial charge in [-0.25, -0.2) is 9.18 Å². The summed E-state index contributed by atoms with van der Waals surface area (Å²) in [7, 11) is 0. The Morgan fingerprint density at radius 1 is 1.07 bits per heavy atom. The van der Waals surface area contributed by atoms with E-state index in [4.69, 9.17) is 9.47 Å². The molecule has 5 heteroatoms. The van der Waals surface area contributed by atoms with Crippen molar-refractivity contribution in [2.75, 3.05) is 6.61 Å². The minimum atomic E-state index is -1.09. The second-order valence-electron chi connectivity index (χ2n) is 6.71. The van der Waals surface area contributed by atoms with Crippen molar-refractivity contribution < 1.29 is 23.8 Å². The maximum atomic E-state index is 13.4. The van der Waals surface area contributed by atoms with Crippen molar-refractivity contribution >= 4 is 5.97 Å². The van der Waals surface area contributed by atoms with Crippen molar-refractivity contribution in [2.45, 2.75) is 26.7 Å². The van der Waals surface area contributed by atoms with Crippen LogP contribution < -0.4 is 9.47 Å². The molecule has 0 aliphatic heterocycles. The van der Waals surface area contributed by atoms with Gasteiger partial charge < -0.3 is 14.6 Å². The Balaban J connectivity index is 1.93. The van der Waals surface area contributed by atoms with E-state index in [9.17, 15) is 14.3 Å². The van der Waals surface area contributed by atoms with Crippen molar-refractivity contribution in [3.63, 3.8) is 0 Å². The van der Waals surface area contributed by atoms with Crippen LogP contribution in [0, 0.1) is 6.92 Å². The first-order valence-corrected chi connectivity index (χ1v) is 9.51. The highest BCUT2D eigenvalue weighted by Gasteiger charge is 2.15. The largest absolute Gasteiger partial charge is 0.493 e. The Hall–Kier alpha value is -3.34. The summed E-state index contributed by atoms with van der Waals surface area (Å²) in [6, 6.07) is 10.8. The van der Waals surface area contributed by atoms with Gasteiger partial charge in [-0.3, -0.25) is 0 Å². The predicted molar refractivity (Wildman–Crippen MR) is 111 cm³/mol. The van der Waals surface area contributed by atoms with Crippen molar-refractivity contribution in [1.29, 1.82) is 0 Å². The molecule has 1 N–H and O–H groups in total. The fraction of sp³-hybridized carbons (Fsp3) is 0.208. The van der Waals surface area contributed by atoms with Crippen LogP contribution in [0.1, 0.15) is 35.7 Å². The lowest BCUT2D eigenvalue weighted by Gasteiger charge is -2.13. The summed E-state index contributed by atoms with van der Waals surface area (Å²) in [6.07, 6.45) is 7.21. The summed E-state index contributed by atoms with van der Waals surface area (Å²) >= 11 is 0. The second-order valence-corrected chi connectivity index (χ2v) is 6.71. The van der Waals surface area contributed by atoms with E-state index in [0.717, 1.165) is 28.9 Å². The monoisotopic (exact) mass is 394 g/mol. The maximum Gasteiger partial charge on any atom is 0.339 e. The molecule has 0 radical (unpaired) electrons. The third kappa shape index (κ3) is 5.13. The summed E-state index contributed by atoms with van der Waals surface area (Å²) < 4.78 is 24.9. The van der Waals surface area contributed by atoms with Crippen LogP contribution >= 0.6 is 0 Å². The Morgan fingerprint density at radius 3 is 2.55 bits per heavy atom. The molecule has 2 aromatic rings. The summed E-state index contributed by atoms with van der Waals surface area (Å²) in [4.78, 5) is 11.6. The quantitative estimate of drug-likeness (QED) is 0.605. The zero-order valence-electron chi connectivity index (χ0n) is 16.4. The number of ether oxygens (including phenoxy) is 2. The second kappa shape index (κ2) is 9.24. The van der Waals surface area contributed by atoms with Gasteiger partial charge in [0, 0.05) is 0 Å². The Bertz CT molecular complexity index is 1000. The van der Waals surface area contributed by atoms with Crippen molar-refractivity contribution in [1.82, 2.24) is 0 Å². The van der Waals surface area contributed by atoms with Gasteiger partial charge in [-0.1, -0.05) is 19.1 Å². The number of hydrogen-bond acceptors (Lipinski definition) is 3. The molecule has 1 aliphatic carbocycles. The lowest BCUT2D eigenvalue weighted by atomic mass is 10.0.